The lowest BCUT2D eigenvalue weighted by Crippen LogP contribution is -2.29. The van der Waals surface area contributed by atoms with Gasteiger partial charge in [-0.2, -0.15) is 0 Å². The molecule has 2 rings (SSSR count). The van der Waals surface area contributed by atoms with Gasteiger partial charge >= 0.3 is 5.97 Å². The van der Waals surface area contributed by atoms with Crippen molar-refractivity contribution in [2.45, 2.75) is 13.0 Å². The van der Waals surface area contributed by atoms with Crippen molar-refractivity contribution in [2.75, 3.05) is 5.32 Å². The number of amides is 1. The Labute approximate surface area is 117 Å². The summed E-state index contributed by atoms with van der Waals surface area (Å²) < 4.78 is 5.12. The highest BCUT2D eigenvalue weighted by molar-refractivity contribution is 5.97. The SMILES string of the molecule is C[C@@H](OC(=O)c1ccccc1)C(=O)Nc1ccccc1. The first-order chi connectivity index (χ1) is 9.66. The van der Waals surface area contributed by atoms with Crippen molar-refractivity contribution < 1.29 is 14.3 Å². The summed E-state index contributed by atoms with van der Waals surface area (Å²) in [5, 5.41) is 2.68. The van der Waals surface area contributed by atoms with Crippen molar-refractivity contribution in [1.82, 2.24) is 0 Å². The normalized spacial score (nSPS) is 11.4. The molecule has 102 valence electrons. The van der Waals surface area contributed by atoms with Crippen molar-refractivity contribution in [3.63, 3.8) is 0 Å². The van der Waals surface area contributed by atoms with Crippen LogP contribution in [0.4, 0.5) is 5.69 Å². The lowest BCUT2D eigenvalue weighted by molar-refractivity contribution is -0.123. The molecular formula is C16H15NO3. The van der Waals surface area contributed by atoms with E-state index in [1.807, 2.05) is 24.3 Å². The van der Waals surface area contributed by atoms with Crippen LogP contribution < -0.4 is 5.32 Å². The van der Waals surface area contributed by atoms with E-state index in [-0.39, 0.29) is 5.91 Å². The number of carbonyl (C=O) groups excluding carboxylic acids is 2. The molecule has 0 radical (unpaired) electrons. The Morgan fingerprint density at radius 3 is 2.10 bits per heavy atom. The molecule has 1 atom stereocenters. The molecule has 0 aromatic heterocycles. The van der Waals surface area contributed by atoms with Gasteiger partial charge in [-0.25, -0.2) is 4.79 Å². The topological polar surface area (TPSA) is 55.4 Å². The molecule has 0 aliphatic carbocycles. The van der Waals surface area contributed by atoms with E-state index >= 15 is 0 Å². The molecule has 0 spiro atoms. The number of ether oxygens (including phenoxy) is 1. The highest BCUT2D eigenvalue weighted by Crippen LogP contribution is 2.08. The first-order valence-electron chi connectivity index (χ1n) is 6.29. The summed E-state index contributed by atoms with van der Waals surface area (Å²) in [6.45, 7) is 1.54. The minimum Gasteiger partial charge on any atom is -0.449 e. The number of para-hydroxylation sites is 1. The molecule has 0 bridgehead atoms. The summed E-state index contributed by atoms with van der Waals surface area (Å²) in [6, 6.07) is 17.6. The smallest absolute Gasteiger partial charge is 0.338 e. The average molecular weight is 269 g/mol. The van der Waals surface area contributed by atoms with Gasteiger partial charge in [0.1, 0.15) is 0 Å². The monoisotopic (exact) mass is 269 g/mol. The highest BCUT2D eigenvalue weighted by atomic mass is 16.5. The van der Waals surface area contributed by atoms with E-state index in [0.717, 1.165) is 0 Å². The second-order valence-corrected chi connectivity index (χ2v) is 4.27. The van der Waals surface area contributed by atoms with E-state index < -0.39 is 12.1 Å². The van der Waals surface area contributed by atoms with Crippen LogP contribution >= 0.6 is 0 Å². The molecule has 4 nitrogen and oxygen atoms in total. The Morgan fingerprint density at radius 1 is 0.950 bits per heavy atom. The van der Waals surface area contributed by atoms with Gasteiger partial charge in [0.2, 0.25) is 0 Å². The summed E-state index contributed by atoms with van der Waals surface area (Å²) in [6.07, 6.45) is -0.858. The van der Waals surface area contributed by atoms with Crippen LogP contribution in [-0.2, 0) is 9.53 Å². The van der Waals surface area contributed by atoms with E-state index in [9.17, 15) is 9.59 Å². The number of carbonyl (C=O) groups is 2. The predicted molar refractivity (Wildman–Crippen MR) is 76.4 cm³/mol. The molecule has 1 amide bonds. The number of hydrogen-bond acceptors (Lipinski definition) is 3. The molecular weight excluding hydrogens is 254 g/mol. The third kappa shape index (κ3) is 3.68. The fourth-order valence-electron chi connectivity index (χ4n) is 1.62. The fourth-order valence-corrected chi connectivity index (χ4v) is 1.62. The molecule has 1 N–H and O–H groups in total. The maximum Gasteiger partial charge on any atom is 0.338 e. The van der Waals surface area contributed by atoms with Crippen molar-refractivity contribution in [3.05, 3.63) is 66.2 Å². The average Bonchev–Trinajstić information content (AvgIpc) is 2.49. The summed E-state index contributed by atoms with van der Waals surface area (Å²) in [7, 11) is 0. The van der Waals surface area contributed by atoms with Gasteiger partial charge in [-0.05, 0) is 31.2 Å². The zero-order chi connectivity index (χ0) is 14.4. The van der Waals surface area contributed by atoms with Crippen LogP contribution in [-0.4, -0.2) is 18.0 Å². The van der Waals surface area contributed by atoms with Gasteiger partial charge in [0.25, 0.3) is 5.91 Å². The number of anilines is 1. The Bertz CT molecular complexity index is 581. The molecule has 0 fully saturated rings. The maximum absolute atomic E-state index is 11.9. The Balaban J connectivity index is 1.93. The van der Waals surface area contributed by atoms with Gasteiger partial charge in [0.05, 0.1) is 5.56 Å². The lowest BCUT2D eigenvalue weighted by Gasteiger charge is -2.13. The second kappa shape index (κ2) is 6.52. The van der Waals surface area contributed by atoms with Gasteiger partial charge < -0.3 is 10.1 Å². The molecule has 2 aromatic carbocycles. The van der Waals surface area contributed by atoms with Crippen molar-refractivity contribution >= 4 is 17.6 Å². The van der Waals surface area contributed by atoms with E-state index in [2.05, 4.69) is 5.32 Å². The molecule has 2 aromatic rings. The standard InChI is InChI=1S/C16H15NO3/c1-12(15(18)17-14-10-6-3-7-11-14)20-16(19)13-8-4-2-5-9-13/h2-12H,1H3,(H,17,18)/t12-/m1/s1. The molecule has 0 aliphatic rings. The van der Waals surface area contributed by atoms with E-state index in [0.29, 0.717) is 11.3 Å². The summed E-state index contributed by atoms with van der Waals surface area (Å²) >= 11 is 0. The van der Waals surface area contributed by atoms with Crippen LogP contribution in [0.25, 0.3) is 0 Å². The molecule has 0 aliphatic heterocycles. The third-order valence-corrected chi connectivity index (χ3v) is 2.70. The van der Waals surface area contributed by atoms with Crippen molar-refractivity contribution in [3.8, 4) is 0 Å². The van der Waals surface area contributed by atoms with Gasteiger partial charge in [0.15, 0.2) is 6.10 Å². The summed E-state index contributed by atoms with van der Waals surface area (Å²) in [5.74, 6) is -0.873. The largest absolute Gasteiger partial charge is 0.449 e. The Morgan fingerprint density at radius 2 is 1.50 bits per heavy atom. The molecule has 0 saturated heterocycles. The molecule has 0 unspecified atom stereocenters. The minimum atomic E-state index is -0.858. The van der Waals surface area contributed by atoms with Gasteiger partial charge in [0, 0.05) is 5.69 Å². The van der Waals surface area contributed by atoms with Crippen LogP contribution in [0.2, 0.25) is 0 Å². The van der Waals surface area contributed by atoms with E-state index in [4.69, 9.17) is 4.74 Å². The first kappa shape index (κ1) is 13.8. The van der Waals surface area contributed by atoms with Gasteiger partial charge in [-0.3, -0.25) is 4.79 Å². The van der Waals surface area contributed by atoms with Crippen LogP contribution in [0.1, 0.15) is 17.3 Å². The summed E-state index contributed by atoms with van der Waals surface area (Å²) in [5.41, 5.74) is 1.09. The Kier molecular flexibility index (Phi) is 4.50. The third-order valence-electron chi connectivity index (χ3n) is 2.70. The molecule has 0 saturated carbocycles. The number of hydrogen-bond donors (Lipinski definition) is 1. The van der Waals surface area contributed by atoms with Crippen LogP contribution in [0.5, 0.6) is 0 Å². The Hall–Kier alpha value is -2.62. The highest BCUT2D eigenvalue weighted by Gasteiger charge is 2.18. The quantitative estimate of drug-likeness (QED) is 0.868. The van der Waals surface area contributed by atoms with Gasteiger partial charge in [-0.1, -0.05) is 36.4 Å². The molecule has 4 heteroatoms. The van der Waals surface area contributed by atoms with Crippen LogP contribution in [0.15, 0.2) is 60.7 Å². The number of rotatable bonds is 4. The second-order valence-electron chi connectivity index (χ2n) is 4.27. The number of nitrogens with one attached hydrogen (secondary N) is 1. The van der Waals surface area contributed by atoms with Crippen molar-refractivity contribution in [2.24, 2.45) is 0 Å². The van der Waals surface area contributed by atoms with Crippen LogP contribution in [0, 0.1) is 0 Å². The van der Waals surface area contributed by atoms with Gasteiger partial charge in [-0.15, -0.1) is 0 Å². The predicted octanol–water partition coefficient (Wildman–Crippen LogP) is 2.87. The van der Waals surface area contributed by atoms with E-state index in [1.54, 1.807) is 43.3 Å². The number of benzene rings is 2. The zero-order valence-electron chi connectivity index (χ0n) is 11.1. The minimum absolute atomic E-state index is 0.361. The fraction of sp³-hybridized carbons (Fsp3) is 0.125. The van der Waals surface area contributed by atoms with E-state index in [1.165, 1.54) is 0 Å². The summed E-state index contributed by atoms with van der Waals surface area (Å²) in [4.78, 5) is 23.7. The van der Waals surface area contributed by atoms with Crippen LogP contribution in [0.3, 0.4) is 0 Å². The molecule has 20 heavy (non-hydrogen) atoms. The lowest BCUT2D eigenvalue weighted by atomic mass is 10.2. The zero-order valence-corrected chi connectivity index (χ0v) is 11.1. The molecule has 0 heterocycles. The van der Waals surface area contributed by atoms with Crippen molar-refractivity contribution in [1.29, 1.82) is 0 Å². The first-order valence-corrected chi connectivity index (χ1v) is 6.29. The number of esters is 1. The maximum atomic E-state index is 11.9.